The first-order valence-corrected chi connectivity index (χ1v) is 7.32. The minimum atomic E-state index is -0.237. The number of nitrogens with one attached hydrogen (secondary N) is 3. The van der Waals surface area contributed by atoms with Crippen LogP contribution in [0, 0.1) is 6.92 Å². The number of carbonyl (C=O) groups is 1. The monoisotopic (exact) mass is 291 g/mol. The summed E-state index contributed by atoms with van der Waals surface area (Å²) in [6.07, 6.45) is 1.51. The van der Waals surface area contributed by atoms with Crippen molar-refractivity contribution in [3.63, 3.8) is 0 Å². The number of carbonyl (C=O) groups excluding carboxylic acids is 1. The first-order chi connectivity index (χ1) is 10.1. The van der Waals surface area contributed by atoms with Crippen LogP contribution in [-0.2, 0) is 0 Å². The van der Waals surface area contributed by atoms with Gasteiger partial charge in [-0.3, -0.25) is 14.6 Å². The van der Waals surface area contributed by atoms with Gasteiger partial charge < -0.3 is 15.6 Å². The second kappa shape index (κ2) is 5.87. The highest BCUT2D eigenvalue weighted by Gasteiger charge is 2.31. The van der Waals surface area contributed by atoms with Gasteiger partial charge in [0.2, 0.25) is 0 Å². The lowest BCUT2D eigenvalue weighted by atomic mass is 10.1. The fourth-order valence-electron chi connectivity index (χ4n) is 2.97. The summed E-state index contributed by atoms with van der Waals surface area (Å²) in [5, 5.41) is 5.65. The van der Waals surface area contributed by atoms with Gasteiger partial charge >= 0.3 is 6.03 Å². The summed E-state index contributed by atoms with van der Waals surface area (Å²) >= 11 is 0. The molecule has 3 aliphatic rings. The van der Waals surface area contributed by atoms with Crippen LogP contribution in [0.1, 0.15) is 5.56 Å². The van der Waals surface area contributed by atoms with E-state index in [1.54, 1.807) is 13.0 Å². The molecule has 1 aromatic heterocycles. The molecule has 0 spiro atoms. The van der Waals surface area contributed by atoms with Gasteiger partial charge in [-0.1, -0.05) is 0 Å². The summed E-state index contributed by atoms with van der Waals surface area (Å²) in [5.41, 5.74) is 1.04. The van der Waals surface area contributed by atoms with Gasteiger partial charge in [0, 0.05) is 57.1 Å². The summed E-state index contributed by atoms with van der Waals surface area (Å²) in [6.45, 7) is 7.84. The van der Waals surface area contributed by atoms with Gasteiger partial charge in [-0.2, -0.15) is 0 Å². The number of rotatable bonds is 3. The van der Waals surface area contributed by atoms with E-state index < -0.39 is 0 Å². The van der Waals surface area contributed by atoms with Crippen LogP contribution in [0.3, 0.4) is 0 Å². The van der Waals surface area contributed by atoms with E-state index in [9.17, 15) is 9.59 Å². The molecule has 1 unspecified atom stereocenters. The van der Waals surface area contributed by atoms with Crippen LogP contribution < -0.4 is 16.2 Å². The van der Waals surface area contributed by atoms with Gasteiger partial charge in [-0.15, -0.1) is 0 Å². The lowest BCUT2D eigenvalue weighted by Crippen LogP contribution is -2.63. The van der Waals surface area contributed by atoms with Crippen molar-refractivity contribution in [2.45, 2.75) is 13.0 Å². The van der Waals surface area contributed by atoms with Gasteiger partial charge in [-0.05, 0) is 13.0 Å². The van der Waals surface area contributed by atoms with Crippen molar-refractivity contribution < 1.29 is 4.79 Å². The maximum absolute atomic E-state index is 11.9. The number of pyridine rings is 1. The topological polar surface area (TPSA) is 80.5 Å². The number of nitrogens with zero attached hydrogens (tertiary/aromatic N) is 2. The van der Waals surface area contributed by atoms with E-state index >= 15 is 0 Å². The van der Waals surface area contributed by atoms with Crippen molar-refractivity contribution in [1.29, 1.82) is 0 Å². The number of fused-ring (bicyclic) bond motifs is 3. The van der Waals surface area contributed by atoms with Crippen LogP contribution in [0.2, 0.25) is 0 Å². The molecule has 3 saturated heterocycles. The molecule has 1 atom stereocenters. The molecular formula is C14H21N5O2. The van der Waals surface area contributed by atoms with E-state index in [-0.39, 0.29) is 11.6 Å². The van der Waals surface area contributed by atoms with Gasteiger partial charge in [0.05, 0.1) is 5.69 Å². The Labute approximate surface area is 123 Å². The first kappa shape index (κ1) is 14.1. The van der Waals surface area contributed by atoms with E-state index in [1.807, 2.05) is 0 Å². The highest BCUT2D eigenvalue weighted by molar-refractivity contribution is 5.89. The molecule has 0 aliphatic carbocycles. The van der Waals surface area contributed by atoms with Crippen LogP contribution >= 0.6 is 0 Å². The molecule has 0 aromatic carbocycles. The van der Waals surface area contributed by atoms with Crippen LogP contribution in [0.25, 0.3) is 0 Å². The number of urea groups is 1. The molecule has 0 saturated carbocycles. The third-order valence-corrected chi connectivity index (χ3v) is 4.24. The highest BCUT2D eigenvalue weighted by atomic mass is 16.2. The lowest BCUT2D eigenvalue weighted by Gasteiger charge is -2.47. The molecule has 3 N–H and O–H groups in total. The fraction of sp³-hybridized carbons (Fsp3) is 0.571. The second-order valence-electron chi connectivity index (χ2n) is 5.73. The Kier molecular flexibility index (Phi) is 3.94. The van der Waals surface area contributed by atoms with Crippen LogP contribution in [-0.4, -0.2) is 66.1 Å². The molecule has 4 rings (SSSR count). The minimum Gasteiger partial charge on any atom is -0.336 e. The fourth-order valence-corrected chi connectivity index (χ4v) is 2.97. The van der Waals surface area contributed by atoms with E-state index in [4.69, 9.17) is 0 Å². The quantitative estimate of drug-likeness (QED) is 0.721. The smallest absolute Gasteiger partial charge is 0.319 e. The Morgan fingerprint density at radius 3 is 2.76 bits per heavy atom. The molecule has 114 valence electrons. The van der Waals surface area contributed by atoms with Crippen molar-refractivity contribution in [2.24, 2.45) is 0 Å². The number of aromatic amines is 1. The Morgan fingerprint density at radius 2 is 2.14 bits per heavy atom. The number of amides is 2. The van der Waals surface area contributed by atoms with Crippen LogP contribution in [0.4, 0.5) is 10.5 Å². The Bertz CT molecular complexity index is 577. The van der Waals surface area contributed by atoms with E-state index in [2.05, 4.69) is 25.4 Å². The standard InChI is InChI=1S/C14H21N5O2/c1-10-6-11(7-15-13(10)20)17-14(21)16-8-12-9-18-2-4-19(12)5-3-18/h6-7,12H,2-5,8-9H2,1H3,(H,15,20)(H2,16,17,21). The third-order valence-electron chi connectivity index (χ3n) is 4.24. The Morgan fingerprint density at radius 1 is 1.38 bits per heavy atom. The Balaban J connectivity index is 1.50. The average Bonchev–Trinajstić information content (AvgIpc) is 2.50. The van der Waals surface area contributed by atoms with Crippen LogP contribution in [0.15, 0.2) is 17.1 Å². The van der Waals surface area contributed by atoms with Crippen molar-refractivity contribution in [3.8, 4) is 0 Å². The molecule has 0 radical (unpaired) electrons. The largest absolute Gasteiger partial charge is 0.336 e. The van der Waals surface area contributed by atoms with Crippen molar-refractivity contribution >= 4 is 11.7 Å². The number of piperazine rings is 3. The SMILES string of the molecule is Cc1cc(NC(=O)NCC2CN3CCN2CC3)c[nH]c1=O. The summed E-state index contributed by atoms with van der Waals surface area (Å²) in [5.74, 6) is 0. The first-order valence-electron chi connectivity index (χ1n) is 7.32. The van der Waals surface area contributed by atoms with Gasteiger partial charge in [0.1, 0.15) is 0 Å². The summed E-state index contributed by atoms with van der Waals surface area (Å²) in [4.78, 5) is 30.6. The molecule has 7 nitrogen and oxygen atoms in total. The molecule has 2 bridgehead atoms. The van der Waals surface area contributed by atoms with Crippen molar-refractivity contribution in [1.82, 2.24) is 20.1 Å². The number of hydrogen-bond acceptors (Lipinski definition) is 4. The number of anilines is 1. The average molecular weight is 291 g/mol. The number of hydrogen-bond donors (Lipinski definition) is 3. The summed E-state index contributed by atoms with van der Waals surface area (Å²) in [6, 6.07) is 1.82. The van der Waals surface area contributed by atoms with E-state index in [0.29, 0.717) is 23.8 Å². The predicted molar refractivity (Wildman–Crippen MR) is 80.6 cm³/mol. The van der Waals surface area contributed by atoms with E-state index in [1.165, 1.54) is 6.20 Å². The number of aromatic nitrogens is 1. The number of aryl methyl sites for hydroxylation is 1. The van der Waals surface area contributed by atoms with Gasteiger partial charge in [0.15, 0.2) is 0 Å². The van der Waals surface area contributed by atoms with Gasteiger partial charge in [0.25, 0.3) is 5.56 Å². The zero-order chi connectivity index (χ0) is 14.8. The minimum absolute atomic E-state index is 0.138. The molecule has 2 amide bonds. The predicted octanol–water partition coefficient (Wildman–Crippen LogP) is -0.195. The zero-order valence-corrected chi connectivity index (χ0v) is 12.2. The molecular weight excluding hydrogens is 270 g/mol. The van der Waals surface area contributed by atoms with E-state index in [0.717, 1.165) is 32.7 Å². The summed E-state index contributed by atoms with van der Waals surface area (Å²) in [7, 11) is 0. The second-order valence-corrected chi connectivity index (χ2v) is 5.73. The van der Waals surface area contributed by atoms with Gasteiger partial charge in [-0.25, -0.2) is 4.79 Å². The van der Waals surface area contributed by atoms with Crippen molar-refractivity contribution in [3.05, 3.63) is 28.2 Å². The lowest BCUT2D eigenvalue weighted by molar-refractivity contribution is 0.0149. The molecule has 21 heavy (non-hydrogen) atoms. The molecule has 7 heteroatoms. The number of H-pyrrole nitrogens is 1. The summed E-state index contributed by atoms with van der Waals surface area (Å²) < 4.78 is 0. The van der Waals surface area contributed by atoms with Crippen LogP contribution in [0.5, 0.6) is 0 Å². The molecule has 4 heterocycles. The molecule has 1 aromatic rings. The molecule has 3 aliphatic heterocycles. The highest BCUT2D eigenvalue weighted by Crippen LogP contribution is 2.14. The Hall–Kier alpha value is -1.86. The maximum Gasteiger partial charge on any atom is 0.319 e. The maximum atomic E-state index is 11.9. The zero-order valence-electron chi connectivity index (χ0n) is 12.2. The normalized spacial score (nSPS) is 27.4. The third kappa shape index (κ3) is 3.25. The van der Waals surface area contributed by atoms with Crippen molar-refractivity contribution in [2.75, 3.05) is 44.6 Å². The molecule has 3 fully saturated rings.